The second-order valence-electron chi connectivity index (χ2n) is 5.91. The first kappa shape index (κ1) is 17.8. The molecule has 1 aliphatic rings. The molecular formula is C18H16ClN5O2S. The largest absolute Gasteiger partial charge is 0.497 e. The first-order valence-corrected chi connectivity index (χ1v) is 9.58. The van der Waals surface area contributed by atoms with E-state index in [9.17, 15) is 4.79 Å². The number of carbonyl (C=O) groups excluding carboxylic acids is 1. The van der Waals surface area contributed by atoms with Gasteiger partial charge in [0.05, 0.1) is 28.8 Å². The molecule has 7 nitrogen and oxygen atoms in total. The number of rotatable bonds is 5. The summed E-state index contributed by atoms with van der Waals surface area (Å²) in [6.45, 7) is 0.615. The molecule has 27 heavy (non-hydrogen) atoms. The van der Waals surface area contributed by atoms with E-state index in [2.05, 4.69) is 15.5 Å². The van der Waals surface area contributed by atoms with Gasteiger partial charge in [0.25, 0.3) is 0 Å². The minimum Gasteiger partial charge on any atom is -0.497 e. The summed E-state index contributed by atoms with van der Waals surface area (Å²) in [4.78, 5) is 14.6. The molecule has 1 unspecified atom stereocenters. The van der Waals surface area contributed by atoms with Gasteiger partial charge < -0.3 is 9.64 Å². The van der Waals surface area contributed by atoms with Crippen LogP contribution in [0.2, 0.25) is 5.02 Å². The number of hydrogen-bond acceptors (Lipinski definition) is 6. The van der Waals surface area contributed by atoms with Crippen LogP contribution in [0.5, 0.6) is 5.75 Å². The Morgan fingerprint density at radius 3 is 2.70 bits per heavy atom. The van der Waals surface area contributed by atoms with Crippen molar-refractivity contribution in [2.45, 2.75) is 16.8 Å². The van der Waals surface area contributed by atoms with E-state index in [0.717, 1.165) is 17.1 Å². The van der Waals surface area contributed by atoms with Crippen LogP contribution in [0.3, 0.4) is 0 Å². The van der Waals surface area contributed by atoms with Gasteiger partial charge in [0.15, 0.2) is 0 Å². The predicted octanol–water partition coefficient (Wildman–Crippen LogP) is 3.22. The lowest BCUT2D eigenvalue weighted by molar-refractivity contribution is -0.116. The van der Waals surface area contributed by atoms with E-state index in [0.29, 0.717) is 23.1 Å². The number of ether oxygens (including phenoxy) is 1. The van der Waals surface area contributed by atoms with Crippen molar-refractivity contribution in [1.82, 2.24) is 20.2 Å². The highest BCUT2D eigenvalue weighted by Gasteiger charge is 2.35. The molecule has 2 heterocycles. The molecule has 4 rings (SSSR count). The van der Waals surface area contributed by atoms with Gasteiger partial charge in [-0.15, -0.1) is 5.10 Å². The second kappa shape index (κ2) is 7.58. The molecule has 1 aliphatic heterocycles. The van der Waals surface area contributed by atoms with Gasteiger partial charge in [-0.25, -0.2) is 0 Å². The summed E-state index contributed by atoms with van der Waals surface area (Å²) >= 11 is 7.61. The zero-order valence-corrected chi connectivity index (χ0v) is 16.0. The average Bonchev–Trinajstić information content (AvgIpc) is 3.30. The van der Waals surface area contributed by atoms with Gasteiger partial charge in [0.2, 0.25) is 11.1 Å². The predicted molar refractivity (Wildman–Crippen MR) is 104 cm³/mol. The number of carbonyl (C=O) groups is 1. The van der Waals surface area contributed by atoms with Crippen LogP contribution in [-0.2, 0) is 4.79 Å². The van der Waals surface area contributed by atoms with Crippen LogP contribution in [0.25, 0.3) is 5.69 Å². The zero-order valence-electron chi connectivity index (χ0n) is 14.4. The minimum atomic E-state index is -0.260. The number of nitrogens with zero attached hydrogens (tertiary/aromatic N) is 5. The summed E-state index contributed by atoms with van der Waals surface area (Å²) < 4.78 is 6.80. The highest BCUT2D eigenvalue weighted by atomic mass is 35.5. The third kappa shape index (κ3) is 3.50. The van der Waals surface area contributed by atoms with Gasteiger partial charge in [-0.05, 0) is 53.2 Å². The van der Waals surface area contributed by atoms with Crippen molar-refractivity contribution < 1.29 is 9.53 Å². The maximum Gasteiger partial charge on any atom is 0.240 e. The van der Waals surface area contributed by atoms with Gasteiger partial charge in [0.1, 0.15) is 5.75 Å². The molecule has 2 aromatic carbocycles. The van der Waals surface area contributed by atoms with Crippen molar-refractivity contribution in [1.29, 1.82) is 0 Å². The van der Waals surface area contributed by atoms with Crippen LogP contribution in [0.1, 0.15) is 6.42 Å². The molecule has 1 fully saturated rings. The van der Waals surface area contributed by atoms with Crippen molar-refractivity contribution in [2.75, 3.05) is 18.6 Å². The van der Waals surface area contributed by atoms with Gasteiger partial charge in [-0.3, -0.25) is 4.79 Å². The topological polar surface area (TPSA) is 73.1 Å². The first-order chi connectivity index (χ1) is 13.2. The monoisotopic (exact) mass is 401 g/mol. The van der Waals surface area contributed by atoms with Crippen LogP contribution in [0.15, 0.2) is 53.7 Å². The number of thioether (sulfide) groups is 1. The Morgan fingerprint density at radius 1 is 1.19 bits per heavy atom. The average molecular weight is 402 g/mol. The molecule has 0 bridgehead atoms. The van der Waals surface area contributed by atoms with E-state index in [1.165, 1.54) is 11.8 Å². The first-order valence-electron chi connectivity index (χ1n) is 8.33. The van der Waals surface area contributed by atoms with Crippen molar-refractivity contribution in [3.8, 4) is 11.4 Å². The van der Waals surface area contributed by atoms with E-state index in [-0.39, 0.29) is 11.2 Å². The number of methoxy groups -OCH3 is 1. The molecule has 0 spiro atoms. The molecule has 9 heteroatoms. The quantitative estimate of drug-likeness (QED) is 0.653. The Labute approximate surface area is 165 Å². The van der Waals surface area contributed by atoms with Gasteiger partial charge >= 0.3 is 0 Å². The summed E-state index contributed by atoms with van der Waals surface area (Å²) in [6.07, 6.45) is 0.699. The Morgan fingerprint density at radius 2 is 1.96 bits per heavy atom. The Hall–Kier alpha value is -2.58. The number of para-hydroxylation sites is 1. The highest BCUT2D eigenvalue weighted by molar-refractivity contribution is 8.00. The lowest BCUT2D eigenvalue weighted by Gasteiger charge is -2.17. The summed E-state index contributed by atoms with van der Waals surface area (Å²) in [5.41, 5.74) is 1.54. The SMILES string of the molecule is COc1ccc(-n2nnnc2SC2CCN(c3ccccc3Cl)C2=O)cc1. The van der Waals surface area contributed by atoms with E-state index >= 15 is 0 Å². The summed E-state index contributed by atoms with van der Waals surface area (Å²) in [5, 5.41) is 12.8. The molecule has 3 aromatic rings. The van der Waals surface area contributed by atoms with Crippen molar-refractivity contribution in [3.05, 3.63) is 53.6 Å². The van der Waals surface area contributed by atoms with E-state index in [1.807, 2.05) is 42.5 Å². The minimum absolute atomic E-state index is 0.0115. The second-order valence-corrected chi connectivity index (χ2v) is 7.48. The van der Waals surface area contributed by atoms with Crippen LogP contribution in [-0.4, -0.2) is 45.0 Å². The number of tetrazole rings is 1. The van der Waals surface area contributed by atoms with Crippen LogP contribution in [0.4, 0.5) is 5.69 Å². The number of aromatic nitrogens is 4. The highest BCUT2D eigenvalue weighted by Crippen LogP contribution is 2.35. The molecule has 0 aliphatic carbocycles. The maximum absolute atomic E-state index is 12.9. The van der Waals surface area contributed by atoms with E-state index in [1.54, 1.807) is 22.8 Å². The van der Waals surface area contributed by atoms with Gasteiger partial charge in [-0.2, -0.15) is 4.68 Å². The van der Waals surface area contributed by atoms with Crippen molar-refractivity contribution in [3.63, 3.8) is 0 Å². The van der Waals surface area contributed by atoms with E-state index in [4.69, 9.17) is 16.3 Å². The van der Waals surface area contributed by atoms with Crippen LogP contribution >= 0.6 is 23.4 Å². The van der Waals surface area contributed by atoms with Crippen LogP contribution < -0.4 is 9.64 Å². The lowest BCUT2D eigenvalue weighted by atomic mass is 10.3. The molecule has 138 valence electrons. The molecule has 1 saturated heterocycles. The lowest BCUT2D eigenvalue weighted by Crippen LogP contribution is -2.28. The maximum atomic E-state index is 12.9. The van der Waals surface area contributed by atoms with Crippen LogP contribution in [0, 0.1) is 0 Å². The fraction of sp³-hybridized carbons (Fsp3) is 0.222. The number of benzene rings is 2. The Bertz CT molecular complexity index is 962. The summed E-state index contributed by atoms with van der Waals surface area (Å²) in [7, 11) is 1.61. The fourth-order valence-corrected chi connectivity index (χ4v) is 4.21. The third-order valence-electron chi connectivity index (χ3n) is 4.31. The Kier molecular flexibility index (Phi) is 5.00. The molecule has 1 aromatic heterocycles. The third-order valence-corrected chi connectivity index (χ3v) is 5.81. The zero-order chi connectivity index (χ0) is 18.8. The number of anilines is 1. The van der Waals surface area contributed by atoms with Gasteiger partial charge in [0, 0.05) is 6.54 Å². The van der Waals surface area contributed by atoms with Crippen molar-refractivity contribution >= 4 is 35.0 Å². The molecule has 1 atom stereocenters. The molecule has 0 saturated carbocycles. The summed E-state index contributed by atoms with van der Waals surface area (Å²) in [5.74, 6) is 0.764. The standard InChI is InChI=1S/C18H16ClN5O2S/c1-26-13-8-6-12(7-9-13)24-18(20-21-22-24)27-16-10-11-23(17(16)25)15-5-3-2-4-14(15)19/h2-9,16H,10-11H2,1H3. The number of hydrogen-bond donors (Lipinski definition) is 0. The normalized spacial score (nSPS) is 16.7. The molecule has 1 amide bonds. The number of amides is 1. The smallest absolute Gasteiger partial charge is 0.240 e. The number of halogens is 1. The molecule has 0 radical (unpaired) electrons. The van der Waals surface area contributed by atoms with E-state index < -0.39 is 0 Å². The molecular weight excluding hydrogens is 386 g/mol. The van der Waals surface area contributed by atoms with Crippen molar-refractivity contribution in [2.24, 2.45) is 0 Å². The van der Waals surface area contributed by atoms with Gasteiger partial charge in [-0.1, -0.05) is 35.5 Å². The fourth-order valence-electron chi connectivity index (χ4n) is 2.94. The Balaban J connectivity index is 1.53. The summed E-state index contributed by atoms with van der Waals surface area (Å²) in [6, 6.07) is 14.8. The molecule has 0 N–H and O–H groups in total.